The molecule has 184 valence electrons. The van der Waals surface area contributed by atoms with E-state index in [0.717, 1.165) is 43.8 Å². The van der Waals surface area contributed by atoms with Crippen LogP contribution >= 0.6 is 0 Å². The van der Waals surface area contributed by atoms with Gasteiger partial charge in [0.25, 0.3) is 5.91 Å². The third kappa shape index (κ3) is 8.47. The highest BCUT2D eigenvalue weighted by Gasteiger charge is 2.21. The van der Waals surface area contributed by atoms with Gasteiger partial charge >= 0.3 is 0 Å². The fraction of sp³-hybridized carbons (Fsp3) is 0.481. The topological polar surface area (TPSA) is 79.9 Å². The highest BCUT2D eigenvalue weighted by Crippen LogP contribution is 2.15. The summed E-state index contributed by atoms with van der Waals surface area (Å²) in [6.07, 6.45) is 2.57. The van der Waals surface area contributed by atoms with E-state index < -0.39 is 0 Å². The summed E-state index contributed by atoms with van der Waals surface area (Å²) in [5.41, 5.74) is 2.76. The second-order valence-electron chi connectivity index (χ2n) is 8.95. The van der Waals surface area contributed by atoms with Crippen LogP contribution in [-0.4, -0.2) is 55.2 Å². The normalized spacial score (nSPS) is 18.3. The van der Waals surface area contributed by atoms with E-state index in [9.17, 15) is 9.59 Å². The zero-order valence-corrected chi connectivity index (χ0v) is 20.5. The molecule has 2 aromatic carbocycles. The molecule has 2 amide bonds. The van der Waals surface area contributed by atoms with E-state index in [-0.39, 0.29) is 30.6 Å². The molecule has 1 fully saturated rings. The number of hydrogen-bond acceptors (Lipinski definition) is 5. The van der Waals surface area contributed by atoms with Gasteiger partial charge in [-0.15, -0.1) is 0 Å². The minimum atomic E-state index is -0.286. The first-order valence-electron chi connectivity index (χ1n) is 12.2. The first kappa shape index (κ1) is 25.7. The van der Waals surface area contributed by atoms with Gasteiger partial charge in [0.1, 0.15) is 5.75 Å². The van der Waals surface area contributed by atoms with Crippen molar-refractivity contribution < 1.29 is 19.1 Å². The van der Waals surface area contributed by atoms with Crippen LogP contribution in [0.25, 0.3) is 0 Å². The average Bonchev–Trinajstić information content (AvgIpc) is 2.82. The van der Waals surface area contributed by atoms with Crippen molar-refractivity contribution in [1.29, 1.82) is 0 Å². The zero-order valence-electron chi connectivity index (χ0n) is 20.5. The van der Waals surface area contributed by atoms with Crippen LogP contribution in [0.1, 0.15) is 55.1 Å². The molecule has 34 heavy (non-hydrogen) atoms. The maximum atomic E-state index is 12.3. The van der Waals surface area contributed by atoms with Gasteiger partial charge in [-0.25, -0.2) is 0 Å². The van der Waals surface area contributed by atoms with Gasteiger partial charge in [-0.1, -0.05) is 37.6 Å². The van der Waals surface area contributed by atoms with E-state index in [2.05, 4.69) is 48.4 Å². The third-order valence-corrected chi connectivity index (χ3v) is 5.71. The number of rotatable bonds is 11. The van der Waals surface area contributed by atoms with Crippen molar-refractivity contribution in [2.24, 2.45) is 0 Å². The number of morpholine rings is 1. The van der Waals surface area contributed by atoms with E-state index >= 15 is 0 Å². The van der Waals surface area contributed by atoms with Crippen LogP contribution < -0.4 is 15.4 Å². The lowest BCUT2D eigenvalue weighted by Crippen LogP contribution is -2.44. The minimum absolute atomic E-state index is 0.0704. The first-order chi connectivity index (χ1) is 16.4. The Hall–Kier alpha value is -2.90. The fourth-order valence-electron chi connectivity index (χ4n) is 4.00. The molecule has 0 saturated carbocycles. The SMILES string of the molecule is CCCCOc1ccc(C(=O)NCC(=O)NCc2ccc(CN3CC(C)OC(C)C3)cc2)cc1. The number of ether oxygens (including phenoxy) is 2. The highest BCUT2D eigenvalue weighted by atomic mass is 16.5. The van der Waals surface area contributed by atoms with E-state index in [1.54, 1.807) is 24.3 Å². The van der Waals surface area contributed by atoms with Crippen LogP contribution in [0.4, 0.5) is 0 Å². The Morgan fingerprint density at radius 1 is 0.971 bits per heavy atom. The summed E-state index contributed by atoms with van der Waals surface area (Å²) in [7, 11) is 0. The number of carbonyl (C=O) groups excluding carboxylic acids is 2. The number of nitrogens with zero attached hydrogens (tertiary/aromatic N) is 1. The lowest BCUT2D eigenvalue weighted by Gasteiger charge is -2.35. The highest BCUT2D eigenvalue weighted by molar-refractivity contribution is 5.96. The Morgan fingerprint density at radius 2 is 1.62 bits per heavy atom. The predicted octanol–water partition coefficient (Wildman–Crippen LogP) is 3.52. The van der Waals surface area contributed by atoms with Crippen LogP contribution in [0.3, 0.4) is 0 Å². The molecule has 3 rings (SSSR count). The van der Waals surface area contributed by atoms with Crippen molar-refractivity contribution in [3.8, 4) is 5.75 Å². The molecule has 2 atom stereocenters. The van der Waals surface area contributed by atoms with Crippen molar-refractivity contribution in [3.63, 3.8) is 0 Å². The van der Waals surface area contributed by atoms with Crippen LogP contribution in [-0.2, 0) is 22.6 Å². The molecule has 1 aliphatic rings. The number of amides is 2. The van der Waals surface area contributed by atoms with E-state index in [4.69, 9.17) is 9.47 Å². The first-order valence-corrected chi connectivity index (χ1v) is 12.2. The summed E-state index contributed by atoms with van der Waals surface area (Å²) in [5, 5.41) is 5.52. The Labute approximate surface area is 202 Å². The van der Waals surface area contributed by atoms with Gasteiger partial charge in [0.15, 0.2) is 0 Å². The predicted molar refractivity (Wildman–Crippen MR) is 133 cm³/mol. The fourth-order valence-corrected chi connectivity index (χ4v) is 4.00. The Morgan fingerprint density at radius 3 is 2.26 bits per heavy atom. The zero-order chi connectivity index (χ0) is 24.3. The van der Waals surface area contributed by atoms with Gasteiger partial charge in [-0.2, -0.15) is 0 Å². The second-order valence-corrected chi connectivity index (χ2v) is 8.95. The maximum absolute atomic E-state index is 12.3. The Balaban J connectivity index is 1.37. The standard InChI is InChI=1S/C27H37N3O4/c1-4-5-14-33-25-12-10-24(11-13-25)27(32)29-16-26(31)28-15-22-6-8-23(9-7-22)19-30-17-20(2)34-21(3)18-30/h6-13,20-21H,4-5,14-19H2,1-3H3,(H,28,31)(H,29,32). The number of carbonyl (C=O) groups is 2. The molecule has 7 heteroatoms. The molecule has 1 aliphatic heterocycles. The molecule has 7 nitrogen and oxygen atoms in total. The molecule has 0 bridgehead atoms. The molecular formula is C27H37N3O4. The molecule has 0 radical (unpaired) electrons. The van der Waals surface area contributed by atoms with E-state index in [1.165, 1.54) is 5.56 Å². The van der Waals surface area contributed by atoms with Crippen LogP contribution in [0, 0.1) is 0 Å². The van der Waals surface area contributed by atoms with Gasteiger partial charge in [0.2, 0.25) is 5.91 Å². The molecule has 2 unspecified atom stereocenters. The Bertz CT molecular complexity index is 904. The van der Waals surface area contributed by atoms with Gasteiger partial charge in [-0.3, -0.25) is 14.5 Å². The molecule has 1 saturated heterocycles. The number of hydrogen-bond donors (Lipinski definition) is 2. The lowest BCUT2D eigenvalue weighted by molar-refractivity contribution is -0.120. The molecule has 0 aliphatic carbocycles. The van der Waals surface area contributed by atoms with Gasteiger partial charge in [0, 0.05) is 31.7 Å². The molecular weight excluding hydrogens is 430 g/mol. The molecule has 0 aromatic heterocycles. The quantitative estimate of drug-likeness (QED) is 0.495. The number of benzene rings is 2. The number of nitrogens with one attached hydrogen (secondary N) is 2. The largest absolute Gasteiger partial charge is 0.494 e. The van der Waals surface area contributed by atoms with Gasteiger partial charge in [0.05, 0.1) is 25.4 Å². The van der Waals surface area contributed by atoms with Crippen LogP contribution in [0.2, 0.25) is 0 Å². The lowest BCUT2D eigenvalue weighted by atomic mass is 10.1. The van der Waals surface area contributed by atoms with E-state index in [0.29, 0.717) is 18.7 Å². The second kappa shape index (κ2) is 13.1. The third-order valence-electron chi connectivity index (χ3n) is 5.71. The van der Waals surface area contributed by atoms with Crippen molar-refractivity contribution in [3.05, 3.63) is 65.2 Å². The summed E-state index contributed by atoms with van der Waals surface area (Å²) in [6, 6.07) is 15.2. The molecule has 2 N–H and O–H groups in total. The summed E-state index contributed by atoms with van der Waals surface area (Å²) in [5.74, 6) is 0.224. The molecule has 2 aromatic rings. The number of unbranched alkanes of at least 4 members (excludes halogenated alkanes) is 1. The molecule has 0 spiro atoms. The van der Waals surface area contributed by atoms with E-state index in [1.807, 2.05) is 12.1 Å². The van der Waals surface area contributed by atoms with Crippen molar-refractivity contribution in [2.75, 3.05) is 26.2 Å². The minimum Gasteiger partial charge on any atom is -0.494 e. The Kier molecular flexibility index (Phi) is 9.91. The smallest absolute Gasteiger partial charge is 0.251 e. The maximum Gasteiger partial charge on any atom is 0.251 e. The van der Waals surface area contributed by atoms with Crippen molar-refractivity contribution in [1.82, 2.24) is 15.5 Å². The van der Waals surface area contributed by atoms with Crippen molar-refractivity contribution in [2.45, 2.75) is 58.9 Å². The molecule has 1 heterocycles. The summed E-state index contributed by atoms with van der Waals surface area (Å²) < 4.78 is 11.4. The average molecular weight is 468 g/mol. The summed E-state index contributed by atoms with van der Waals surface area (Å²) in [6.45, 7) is 10.1. The summed E-state index contributed by atoms with van der Waals surface area (Å²) in [4.78, 5) is 26.9. The van der Waals surface area contributed by atoms with Crippen molar-refractivity contribution >= 4 is 11.8 Å². The summed E-state index contributed by atoms with van der Waals surface area (Å²) >= 11 is 0. The monoisotopic (exact) mass is 467 g/mol. The van der Waals surface area contributed by atoms with Crippen LogP contribution in [0.15, 0.2) is 48.5 Å². The van der Waals surface area contributed by atoms with Crippen LogP contribution in [0.5, 0.6) is 5.75 Å². The van der Waals surface area contributed by atoms with Gasteiger partial charge in [-0.05, 0) is 55.7 Å². The van der Waals surface area contributed by atoms with Gasteiger partial charge < -0.3 is 20.1 Å².